The zero-order valence-electron chi connectivity index (χ0n) is 8.70. The first-order valence-electron chi connectivity index (χ1n) is 4.50. The number of nitrogens with one attached hydrogen (secondary N) is 2. The van der Waals surface area contributed by atoms with Crippen molar-refractivity contribution >= 4 is 11.7 Å². The van der Waals surface area contributed by atoms with Crippen molar-refractivity contribution in [3.63, 3.8) is 0 Å². The molecule has 6 heteroatoms. The van der Waals surface area contributed by atoms with Gasteiger partial charge < -0.3 is 16.0 Å². The molecule has 6 nitrogen and oxygen atoms in total. The van der Waals surface area contributed by atoms with Crippen LogP contribution in [0.1, 0.15) is 20.3 Å². The van der Waals surface area contributed by atoms with Crippen LogP contribution < -0.4 is 16.6 Å². The lowest BCUT2D eigenvalue weighted by Gasteiger charge is -2.24. The van der Waals surface area contributed by atoms with Crippen molar-refractivity contribution in [3.8, 4) is 0 Å². The minimum absolute atomic E-state index is 0.168. The van der Waals surface area contributed by atoms with Gasteiger partial charge in [-0.15, -0.1) is 0 Å². The van der Waals surface area contributed by atoms with Crippen molar-refractivity contribution in [2.45, 2.75) is 25.8 Å². The average Bonchev–Trinajstić information content (AvgIpc) is 1.99. The van der Waals surface area contributed by atoms with E-state index in [9.17, 15) is 9.59 Å². The Labute approximate surface area is 86.9 Å². The number of carbonyl (C=O) groups excluding carboxylic acids is 1. The first-order valence-corrected chi connectivity index (χ1v) is 4.50. The molecule has 0 bridgehead atoms. The van der Waals surface area contributed by atoms with Gasteiger partial charge in [-0.3, -0.25) is 9.59 Å². The number of nitrogens with two attached hydrogens (primary N) is 1. The summed E-state index contributed by atoms with van der Waals surface area (Å²) in [5, 5.41) is 2.96. The fraction of sp³-hybridized carbons (Fsp3) is 0.444. The van der Waals surface area contributed by atoms with Crippen LogP contribution in [0.3, 0.4) is 0 Å². The van der Waals surface area contributed by atoms with Gasteiger partial charge in [-0.05, 0) is 13.8 Å². The monoisotopic (exact) mass is 210 g/mol. The molecule has 4 N–H and O–H groups in total. The lowest BCUT2D eigenvalue weighted by atomic mass is 10.0. The Hall–Kier alpha value is -1.85. The standard InChI is InChI=1S/C9H14N4O2/c1-9(2,4-6(10)14)13-7-3-8(15)12-5-11-7/h3,5H,4H2,1-2H3,(H2,10,14)(H2,11,12,13,15). The van der Waals surface area contributed by atoms with Gasteiger partial charge in [0, 0.05) is 18.0 Å². The zero-order chi connectivity index (χ0) is 11.5. The lowest BCUT2D eigenvalue weighted by Crippen LogP contribution is -2.36. The van der Waals surface area contributed by atoms with Crippen LogP contribution in [-0.4, -0.2) is 21.4 Å². The van der Waals surface area contributed by atoms with Gasteiger partial charge in [0.25, 0.3) is 5.56 Å². The number of hydrogen-bond donors (Lipinski definition) is 3. The maximum atomic E-state index is 11.0. The maximum absolute atomic E-state index is 11.0. The molecule has 0 fully saturated rings. The molecule has 0 saturated heterocycles. The molecule has 0 spiro atoms. The number of rotatable bonds is 4. The molecule has 0 unspecified atom stereocenters. The van der Waals surface area contributed by atoms with Crippen molar-refractivity contribution in [1.29, 1.82) is 0 Å². The molecule has 15 heavy (non-hydrogen) atoms. The summed E-state index contributed by atoms with van der Waals surface area (Å²) in [4.78, 5) is 28.1. The molecule has 1 aromatic rings. The SMILES string of the molecule is CC(C)(CC(N)=O)Nc1cc(=O)[nH]cn1. The number of carbonyl (C=O) groups is 1. The summed E-state index contributed by atoms with van der Waals surface area (Å²) in [6.07, 6.45) is 1.46. The first-order chi connectivity index (χ1) is 6.89. The maximum Gasteiger partial charge on any atom is 0.252 e. The third-order valence-electron chi connectivity index (χ3n) is 1.76. The van der Waals surface area contributed by atoms with Crippen LogP contribution >= 0.6 is 0 Å². The number of H-pyrrole nitrogens is 1. The minimum atomic E-state index is -0.521. The van der Waals surface area contributed by atoms with Crippen molar-refractivity contribution < 1.29 is 4.79 Å². The first kappa shape index (κ1) is 11.2. The zero-order valence-corrected chi connectivity index (χ0v) is 8.70. The van der Waals surface area contributed by atoms with Crippen LogP contribution in [0.15, 0.2) is 17.2 Å². The smallest absolute Gasteiger partial charge is 0.252 e. The van der Waals surface area contributed by atoms with Crippen LogP contribution in [0.2, 0.25) is 0 Å². The summed E-state index contributed by atoms with van der Waals surface area (Å²) >= 11 is 0. The van der Waals surface area contributed by atoms with Gasteiger partial charge in [-0.2, -0.15) is 0 Å². The van der Waals surface area contributed by atoms with Crippen molar-refractivity contribution in [3.05, 3.63) is 22.7 Å². The molecule has 0 aliphatic rings. The molecule has 0 radical (unpaired) electrons. The van der Waals surface area contributed by atoms with E-state index >= 15 is 0 Å². The Morgan fingerprint density at radius 2 is 2.33 bits per heavy atom. The van der Waals surface area contributed by atoms with Crippen LogP contribution in [-0.2, 0) is 4.79 Å². The number of amides is 1. The van der Waals surface area contributed by atoms with Gasteiger partial charge in [0.1, 0.15) is 5.82 Å². The summed E-state index contributed by atoms with van der Waals surface area (Å²) in [5.74, 6) is 0.0161. The van der Waals surface area contributed by atoms with Gasteiger partial charge in [-0.25, -0.2) is 4.98 Å². The molecule has 0 aromatic carbocycles. The van der Waals surface area contributed by atoms with Crippen LogP contribution in [0.5, 0.6) is 0 Å². The van der Waals surface area contributed by atoms with Gasteiger partial charge in [0.05, 0.1) is 6.33 Å². The summed E-state index contributed by atoms with van der Waals surface area (Å²) in [6, 6.07) is 1.32. The fourth-order valence-electron chi connectivity index (χ4n) is 1.26. The predicted molar refractivity (Wildman–Crippen MR) is 56.4 cm³/mol. The molecule has 0 atom stereocenters. The summed E-state index contributed by atoms with van der Waals surface area (Å²) < 4.78 is 0. The number of anilines is 1. The van der Waals surface area contributed by atoms with E-state index in [2.05, 4.69) is 15.3 Å². The van der Waals surface area contributed by atoms with Crippen LogP contribution in [0.25, 0.3) is 0 Å². The molecule has 1 heterocycles. The van der Waals surface area contributed by atoms with E-state index < -0.39 is 11.4 Å². The fourth-order valence-corrected chi connectivity index (χ4v) is 1.26. The van der Waals surface area contributed by atoms with Gasteiger partial charge in [0.2, 0.25) is 5.91 Å². The summed E-state index contributed by atoms with van der Waals surface area (Å²) in [7, 11) is 0. The van der Waals surface area contributed by atoms with Crippen molar-refractivity contribution in [2.75, 3.05) is 5.32 Å². The molecular formula is C9H14N4O2. The third-order valence-corrected chi connectivity index (χ3v) is 1.76. The van der Waals surface area contributed by atoms with Gasteiger partial charge in [0.15, 0.2) is 0 Å². The Bertz CT molecular complexity index is 411. The van der Waals surface area contributed by atoms with E-state index in [1.807, 2.05) is 0 Å². The van der Waals surface area contributed by atoms with E-state index in [1.165, 1.54) is 12.4 Å². The molecule has 0 aliphatic heterocycles. The summed E-state index contributed by atoms with van der Waals surface area (Å²) in [5.41, 5.74) is 4.33. The van der Waals surface area contributed by atoms with E-state index in [1.54, 1.807) is 13.8 Å². The largest absolute Gasteiger partial charge is 0.370 e. The van der Waals surface area contributed by atoms with Gasteiger partial charge in [-0.1, -0.05) is 0 Å². The third kappa shape index (κ3) is 3.80. The number of nitrogens with zero attached hydrogens (tertiary/aromatic N) is 1. The normalized spacial score (nSPS) is 11.1. The molecular weight excluding hydrogens is 196 g/mol. The van der Waals surface area contributed by atoms with Gasteiger partial charge >= 0.3 is 0 Å². The number of primary amides is 1. The molecule has 0 saturated carbocycles. The summed E-state index contributed by atoms with van der Waals surface area (Å²) in [6.45, 7) is 3.61. The molecule has 82 valence electrons. The van der Waals surface area contributed by atoms with E-state index in [-0.39, 0.29) is 12.0 Å². The van der Waals surface area contributed by atoms with E-state index in [4.69, 9.17) is 5.73 Å². The minimum Gasteiger partial charge on any atom is -0.370 e. The highest BCUT2D eigenvalue weighted by Gasteiger charge is 2.20. The van der Waals surface area contributed by atoms with Crippen molar-refractivity contribution in [1.82, 2.24) is 9.97 Å². The predicted octanol–water partition coefficient (Wildman–Crippen LogP) is -0.164. The number of aromatic nitrogens is 2. The lowest BCUT2D eigenvalue weighted by molar-refractivity contribution is -0.118. The Morgan fingerprint density at radius 1 is 1.67 bits per heavy atom. The molecule has 1 amide bonds. The Morgan fingerprint density at radius 3 is 2.87 bits per heavy atom. The second-order valence-corrected chi connectivity index (χ2v) is 3.95. The molecule has 1 aromatic heterocycles. The average molecular weight is 210 g/mol. The Balaban J connectivity index is 2.76. The highest BCUT2D eigenvalue weighted by atomic mass is 16.1. The highest BCUT2D eigenvalue weighted by Crippen LogP contribution is 2.14. The van der Waals surface area contributed by atoms with Crippen LogP contribution in [0, 0.1) is 0 Å². The second kappa shape index (κ2) is 4.12. The van der Waals surface area contributed by atoms with E-state index in [0.29, 0.717) is 5.82 Å². The molecule has 1 rings (SSSR count). The highest BCUT2D eigenvalue weighted by molar-refractivity contribution is 5.75. The molecule has 0 aliphatic carbocycles. The van der Waals surface area contributed by atoms with Crippen molar-refractivity contribution in [2.24, 2.45) is 5.73 Å². The van der Waals surface area contributed by atoms with E-state index in [0.717, 1.165) is 0 Å². The second-order valence-electron chi connectivity index (χ2n) is 3.95. The topological polar surface area (TPSA) is 101 Å². The number of aromatic amines is 1. The quantitative estimate of drug-likeness (QED) is 0.642. The Kier molecular flexibility index (Phi) is 3.08. The number of hydrogen-bond acceptors (Lipinski definition) is 4. The van der Waals surface area contributed by atoms with Crippen LogP contribution in [0.4, 0.5) is 5.82 Å².